The van der Waals surface area contributed by atoms with Gasteiger partial charge in [-0.15, -0.1) is 0 Å². The summed E-state index contributed by atoms with van der Waals surface area (Å²) in [6, 6.07) is 14.5. The minimum atomic E-state index is -1.64. The molecule has 1 saturated carbocycles. The molecule has 0 spiro atoms. The maximum absolute atomic E-state index is 15.7. The molecule has 0 radical (unpaired) electrons. The molecule has 3 rings (SSSR count). The molecule has 2 aromatic carbocycles. The second-order valence-electron chi connectivity index (χ2n) is 7.60. The summed E-state index contributed by atoms with van der Waals surface area (Å²) in [5.74, 6) is -6.14. The van der Waals surface area contributed by atoms with Crippen molar-refractivity contribution in [3.8, 4) is 11.1 Å². The normalized spacial score (nSPS) is 14.4. The molecule has 0 bridgehead atoms. The standard InChI is InChI=1S/C25H24F2O4/c26-22-18(16-12-8-4-2-1-3-5-9-13-16)20(24(28)29)23(27)19(21(22)25(30)31)17-14-10-6-7-11-15-17/h1-5,8-9,12-13,17H,6-7,10-11,14-15H2,(H,28,29)(H,30,31). The van der Waals surface area contributed by atoms with Crippen molar-refractivity contribution in [2.45, 2.75) is 44.4 Å². The maximum Gasteiger partial charge on any atom is 0.339 e. The fourth-order valence-electron chi connectivity index (χ4n) is 4.20. The van der Waals surface area contributed by atoms with Crippen molar-refractivity contribution in [2.24, 2.45) is 0 Å². The highest BCUT2D eigenvalue weighted by molar-refractivity contribution is 6.01. The van der Waals surface area contributed by atoms with Gasteiger partial charge in [0.05, 0.1) is 0 Å². The van der Waals surface area contributed by atoms with E-state index in [2.05, 4.69) is 0 Å². The van der Waals surface area contributed by atoms with Crippen molar-refractivity contribution in [3.05, 3.63) is 82.9 Å². The molecule has 1 fully saturated rings. The molecule has 6 heteroatoms. The van der Waals surface area contributed by atoms with E-state index < -0.39 is 46.2 Å². The lowest BCUT2D eigenvalue weighted by molar-refractivity contribution is 0.0670. The molecule has 2 aromatic rings. The smallest absolute Gasteiger partial charge is 0.339 e. The van der Waals surface area contributed by atoms with Crippen molar-refractivity contribution in [2.75, 3.05) is 0 Å². The van der Waals surface area contributed by atoms with Gasteiger partial charge in [-0.3, -0.25) is 0 Å². The Kier molecular flexibility index (Phi) is 7.34. The van der Waals surface area contributed by atoms with Crippen LogP contribution in [0.1, 0.15) is 70.7 Å². The zero-order valence-electron chi connectivity index (χ0n) is 17.0. The van der Waals surface area contributed by atoms with Gasteiger partial charge >= 0.3 is 11.9 Å². The van der Waals surface area contributed by atoms with Gasteiger partial charge in [0.1, 0.15) is 22.8 Å². The molecule has 2 N–H and O–H groups in total. The van der Waals surface area contributed by atoms with E-state index in [1.165, 1.54) is 12.1 Å². The van der Waals surface area contributed by atoms with Gasteiger partial charge in [0, 0.05) is 11.1 Å². The van der Waals surface area contributed by atoms with Crippen LogP contribution >= 0.6 is 0 Å². The van der Waals surface area contributed by atoms with Crippen LogP contribution < -0.4 is 0 Å². The lowest BCUT2D eigenvalue weighted by atomic mass is 9.83. The topological polar surface area (TPSA) is 74.6 Å². The molecule has 1 aliphatic rings. The SMILES string of the molecule is O=C(O)c1c(F)c(C2CCCCCC2)c(C(=O)O)c(F)c1-c1ccccccccc1. The second kappa shape index (κ2) is 10.2. The summed E-state index contributed by atoms with van der Waals surface area (Å²) in [4.78, 5) is 24.1. The Morgan fingerprint density at radius 1 is 0.710 bits per heavy atom. The highest BCUT2D eigenvalue weighted by atomic mass is 19.1. The highest BCUT2D eigenvalue weighted by Crippen LogP contribution is 2.41. The molecular weight excluding hydrogens is 402 g/mol. The third-order valence-corrected chi connectivity index (χ3v) is 5.61. The number of benzene rings is 1. The van der Waals surface area contributed by atoms with Crippen molar-refractivity contribution >= 4 is 11.9 Å². The second-order valence-corrected chi connectivity index (χ2v) is 7.60. The molecule has 31 heavy (non-hydrogen) atoms. The van der Waals surface area contributed by atoms with Crippen LogP contribution in [0.5, 0.6) is 0 Å². The average molecular weight is 426 g/mol. The monoisotopic (exact) mass is 426 g/mol. The van der Waals surface area contributed by atoms with Gasteiger partial charge in [-0.25, -0.2) is 18.4 Å². The van der Waals surface area contributed by atoms with E-state index in [0.717, 1.165) is 25.7 Å². The van der Waals surface area contributed by atoms with Crippen molar-refractivity contribution in [1.82, 2.24) is 0 Å². The fourth-order valence-corrected chi connectivity index (χ4v) is 4.20. The average Bonchev–Trinajstić information content (AvgIpc) is 3.01. The summed E-state index contributed by atoms with van der Waals surface area (Å²) in [7, 11) is 0. The summed E-state index contributed by atoms with van der Waals surface area (Å²) >= 11 is 0. The molecule has 1 aliphatic carbocycles. The predicted molar refractivity (Wildman–Crippen MR) is 114 cm³/mol. The molecular formula is C25H24F2O4. The molecule has 0 aromatic heterocycles. The van der Waals surface area contributed by atoms with Crippen molar-refractivity contribution in [3.63, 3.8) is 0 Å². The summed E-state index contributed by atoms with van der Waals surface area (Å²) < 4.78 is 31.4. The Bertz CT molecular complexity index is 1010. The summed E-state index contributed by atoms with van der Waals surface area (Å²) in [6.07, 6.45) is 4.37. The fraction of sp³-hybridized carbons (Fsp3) is 0.280. The molecule has 162 valence electrons. The molecule has 0 aliphatic heterocycles. The zero-order chi connectivity index (χ0) is 22.4. The lowest BCUT2D eigenvalue weighted by Gasteiger charge is -2.22. The van der Waals surface area contributed by atoms with E-state index in [4.69, 9.17) is 0 Å². The van der Waals surface area contributed by atoms with Gasteiger partial charge in [0.25, 0.3) is 0 Å². The first-order valence-corrected chi connectivity index (χ1v) is 10.3. The van der Waals surface area contributed by atoms with E-state index in [1.54, 1.807) is 42.5 Å². The summed E-state index contributed by atoms with van der Waals surface area (Å²) in [5, 5.41) is 19.6. The zero-order valence-corrected chi connectivity index (χ0v) is 17.0. The Morgan fingerprint density at radius 2 is 1.19 bits per heavy atom. The molecule has 0 amide bonds. The van der Waals surface area contributed by atoms with Crippen LogP contribution in [0.15, 0.2) is 54.6 Å². The Morgan fingerprint density at radius 3 is 1.68 bits per heavy atom. The number of rotatable bonds is 4. The third kappa shape index (κ3) is 4.90. The molecule has 0 atom stereocenters. The number of carbonyl (C=O) groups is 2. The maximum atomic E-state index is 15.7. The number of aromatic carboxylic acids is 2. The number of hydrogen-bond donors (Lipinski definition) is 2. The van der Waals surface area contributed by atoms with Crippen LogP contribution in [0.25, 0.3) is 11.1 Å². The summed E-state index contributed by atoms with van der Waals surface area (Å²) in [5.41, 5.74) is -2.41. The van der Waals surface area contributed by atoms with Crippen LogP contribution in [-0.2, 0) is 0 Å². The number of hydrogen-bond acceptors (Lipinski definition) is 2. The predicted octanol–water partition coefficient (Wildman–Crippen LogP) is 6.59. The molecule has 0 heterocycles. The number of carboxylic acids is 2. The largest absolute Gasteiger partial charge is 0.478 e. The van der Waals surface area contributed by atoms with Crippen molar-refractivity contribution < 1.29 is 28.6 Å². The van der Waals surface area contributed by atoms with E-state index in [1.807, 2.05) is 0 Å². The van der Waals surface area contributed by atoms with Gasteiger partial charge < -0.3 is 10.2 Å². The minimum Gasteiger partial charge on any atom is -0.478 e. The van der Waals surface area contributed by atoms with E-state index in [0.29, 0.717) is 12.8 Å². The first kappa shape index (κ1) is 22.4. The van der Waals surface area contributed by atoms with Crippen LogP contribution in [0.3, 0.4) is 0 Å². The molecule has 0 saturated heterocycles. The Labute approximate surface area is 179 Å². The van der Waals surface area contributed by atoms with Crippen molar-refractivity contribution in [1.29, 1.82) is 0 Å². The van der Waals surface area contributed by atoms with Gasteiger partial charge in [0.15, 0.2) is 0 Å². The third-order valence-electron chi connectivity index (χ3n) is 5.61. The van der Waals surface area contributed by atoms with Crippen LogP contribution in [0.2, 0.25) is 0 Å². The van der Waals surface area contributed by atoms with Crippen LogP contribution in [0.4, 0.5) is 8.78 Å². The Balaban J connectivity index is 2.38. The minimum absolute atomic E-state index is 0.0694. The number of carboxylic acid groups (broad SMARTS) is 2. The quantitative estimate of drug-likeness (QED) is 0.541. The van der Waals surface area contributed by atoms with Gasteiger partial charge in [-0.2, -0.15) is 0 Å². The van der Waals surface area contributed by atoms with Gasteiger partial charge in [0.2, 0.25) is 0 Å². The van der Waals surface area contributed by atoms with E-state index in [9.17, 15) is 19.8 Å². The summed E-state index contributed by atoms with van der Waals surface area (Å²) in [6.45, 7) is 0. The van der Waals surface area contributed by atoms with Crippen LogP contribution in [-0.4, -0.2) is 22.2 Å². The Hall–Kier alpha value is -3.28. The number of halogens is 2. The van der Waals surface area contributed by atoms with Gasteiger partial charge in [-0.05, 0) is 24.3 Å². The highest BCUT2D eigenvalue weighted by Gasteiger charge is 2.35. The first-order chi connectivity index (χ1) is 14.9. The lowest BCUT2D eigenvalue weighted by Crippen LogP contribution is -2.18. The molecule has 0 unspecified atom stereocenters. The molecule has 4 nitrogen and oxygen atoms in total. The first-order valence-electron chi connectivity index (χ1n) is 10.3. The van der Waals surface area contributed by atoms with E-state index in [-0.39, 0.29) is 11.1 Å². The van der Waals surface area contributed by atoms with E-state index >= 15 is 8.78 Å². The van der Waals surface area contributed by atoms with Crippen LogP contribution in [0, 0.1) is 11.6 Å². The van der Waals surface area contributed by atoms with Gasteiger partial charge in [-0.1, -0.05) is 80.3 Å².